The van der Waals surface area contributed by atoms with Crippen molar-refractivity contribution in [2.45, 2.75) is 25.4 Å². The smallest absolute Gasteiger partial charge is 0.418 e. The summed E-state index contributed by atoms with van der Waals surface area (Å²) >= 11 is 0. The predicted octanol–water partition coefficient (Wildman–Crippen LogP) is 3.21. The molecule has 1 spiro atoms. The van der Waals surface area contributed by atoms with Crippen molar-refractivity contribution in [2.24, 2.45) is 5.41 Å². The molecule has 1 aromatic carbocycles. The average Bonchev–Trinajstić information content (AvgIpc) is 2.42. The minimum atomic E-state index is -4.51. The van der Waals surface area contributed by atoms with Gasteiger partial charge in [0.05, 0.1) is 16.7 Å². The van der Waals surface area contributed by atoms with Crippen molar-refractivity contribution >= 4 is 11.6 Å². The summed E-state index contributed by atoms with van der Waals surface area (Å²) in [7, 11) is 0. The van der Waals surface area contributed by atoms with E-state index in [-0.39, 0.29) is 24.0 Å². The molecule has 1 saturated carbocycles. The molecule has 1 N–H and O–H groups in total. The van der Waals surface area contributed by atoms with E-state index < -0.39 is 17.2 Å². The third kappa shape index (κ3) is 1.86. The Balaban J connectivity index is 2.04. The van der Waals surface area contributed by atoms with Crippen molar-refractivity contribution in [2.75, 3.05) is 11.9 Å². The summed E-state index contributed by atoms with van der Waals surface area (Å²) in [6.45, 7) is 0.146. The Morgan fingerprint density at radius 1 is 1.26 bits per heavy atom. The highest BCUT2D eigenvalue weighted by Gasteiger charge is 2.48. The van der Waals surface area contributed by atoms with Crippen LogP contribution in [0, 0.1) is 5.41 Å². The number of benzene rings is 1. The van der Waals surface area contributed by atoms with Crippen molar-refractivity contribution in [3.63, 3.8) is 0 Å². The SMILES string of the molecule is O=C1Nc2c(cccc2C(F)(F)F)OCC12CCC2. The van der Waals surface area contributed by atoms with Crippen LogP contribution in [-0.4, -0.2) is 12.5 Å². The summed E-state index contributed by atoms with van der Waals surface area (Å²) in [6.07, 6.45) is -2.29. The molecule has 1 amide bonds. The number of hydrogen-bond donors (Lipinski definition) is 1. The van der Waals surface area contributed by atoms with E-state index >= 15 is 0 Å². The van der Waals surface area contributed by atoms with Crippen molar-refractivity contribution < 1.29 is 22.7 Å². The number of hydrogen-bond acceptors (Lipinski definition) is 2. The molecule has 1 fully saturated rings. The number of halogens is 3. The van der Waals surface area contributed by atoms with Gasteiger partial charge in [0.2, 0.25) is 5.91 Å². The number of para-hydroxylation sites is 1. The lowest BCUT2D eigenvalue weighted by Gasteiger charge is -2.37. The molecule has 1 heterocycles. The van der Waals surface area contributed by atoms with Crippen molar-refractivity contribution in [3.8, 4) is 5.75 Å². The maximum Gasteiger partial charge on any atom is 0.418 e. The number of anilines is 1. The van der Waals surface area contributed by atoms with Gasteiger partial charge in [-0.05, 0) is 25.0 Å². The van der Waals surface area contributed by atoms with Gasteiger partial charge in [0, 0.05) is 0 Å². The van der Waals surface area contributed by atoms with E-state index in [0.717, 1.165) is 12.5 Å². The van der Waals surface area contributed by atoms with Gasteiger partial charge in [-0.15, -0.1) is 0 Å². The van der Waals surface area contributed by atoms with Gasteiger partial charge in [-0.25, -0.2) is 0 Å². The Morgan fingerprint density at radius 3 is 2.58 bits per heavy atom. The quantitative estimate of drug-likeness (QED) is 0.786. The standard InChI is InChI=1S/C13H12F3NO2/c14-13(15,16)8-3-1-4-9-10(8)17-11(18)12(7-19-9)5-2-6-12/h1,3-4H,2,5-7H2,(H,17,18). The predicted molar refractivity (Wildman–Crippen MR) is 61.9 cm³/mol. The van der Waals surface area contributed by atoms with E-state index in [1.807, 2.05) is 0 Å². The van der Waals surface area contributed by atoms with Gasteiger partial charge >= 0.3 is 6.18 Å². The van der Waals surface area contributed by atoms with E-state index in [4.69, 9.17) is 4.74 Å². The molecule has 1 aliphatic heterocycles. The van der Waals surface area contributed by atoms with Crippen molar-refractivity contribution in [1.82, 2.24) is 0 Å². The molecule has 6 heteroatoms. The lowest BCUT2D eigenvalue weighted by Crippen LogP contribution is -2.45. The number of fused-ring (bicyclic) bond motifs is 1. The third-order valence-electron chi connectivity index (χ3n) is 3.87. The number of alkyl halides is 3. The van der Waals surface area contributed by atoms with Gasteiger partial charge in [-0.1, -0.05) is 12.5 Å². The summed E-state index contributed by atoms with van der Waals surface area (Å²) in [6, 6.07) is 3.68. The van der Waals surface area contributed by atoms with Crippen LogP contribution >= 0.6 is 0 Å². The van der Waals surface area contributed by atoms with Gasteiger partial charge in [0.15, 0.2) is 0 Å². The van der Waals surface area contributed by atoms with Crippen LogP contribution in [0.4, 0.5) is 18.9 Å². The molecule has 2 aliphatic rings. The summed E-state index contributed by atoms with van der Waals surface area (Å²) in [4.78, 5) is 12.1. The van der Waals surface area contributed by atoms with Gasteiger partial charge in [0.1, 0.15) is 12.4 Å². The summed E-state index contributed by atoms with van der Waals surface area (Å²) in [5, 5.41) is 2.41. The summed E-state index contributed by atoms with van der Waals surface area (Å²) < 4.78 is 44.2. The Bertz CT molecular complexity index is 535. The zero-order valence-corrected chi connectivity index (χ0v) is 10.0. The third-order valence-corrected chi connectivity index (χ3v) is 3.87. The normalized spacial score (nSPS) is 20.9. The molecule has 0 radical (unpaired) electrons. The van der Waals surface area contributed by atoms with Gasteiger partial charge in [-0.2, -0.15) is 13.2 Å². The van der Waals surface area contributed by atoms with Crippen LogP contribution in [0.1, 0.15) is 24.8 Å². The number of amides is 1. The van der Waals surface area contributed by atoms with Crippen LogP contribution in [0.3, 0.4) is 0 Å². The van der Waals surface area contributed by atoms with E-state index in [2.05, 4.69) is 5.32 Å². The minimum absolute atomic E-state index is 0.0898. The van der Waals surface area contributed by atoms with Crippen LogP contribution in [-0.2, 0) is 11.0 Å². The maximum absolute atomic E-state index is 12.9. The molecule has 0 aromatic heterocycles. The largest absolute Gasteiger partial charge is 0.490 e. The van der Waals surface area contributed by atoms with E-state index in [0.29, 0.717) is 12.8 Å². The van der Waals surface area contributed by atoms with Gasteiger partial charge in [0.25, 0.3) is 0 Å². The molecule has 1 aromatic rings. The average molecular weight is 271 g/mol. The fourth-order valence-corrected chi connectivity index (χ4v) is 2.52. The second kappa shape index (κ2) is 3.88. The number of ether oxygens (including phenoxy) is 1. The van der Waals surface area contributed by atoms with Gasteiger partial charge < -0.3 is 10.1 Å². The second-order valence-corrected chi connectivity index (χ2v) is 5.05. The van der Waals surface area contributed by atoms with E-state index in [1.54, 1.807) is 0 Å². The zero-order valence-electron chi connectivity index (χ0n) is 10.0. The zero-order chi connectivity index (χ0) is 13.7. The molecule has 0 saturated heterocycles. The lowest BCUT2D eigenvalue weighted by atomic mass is 9.69. The maximum atomic E-state index is 12.9. The van der Waals surface area contributed by atoms with Crippen LogP contribution in [0.25, 0.3) is 0 Å². The molecule has 19 heavy (non-hydrogen) atoms. The van der Waals surface area contributed by atoms with Crippen LogP contribution in [0.15, 0.2) is 18.2 Å². The highest BCUT2D eigenvalue weighted by atomic mass is 19.4. The molecule has 0 bridgehead atoms. The van der Waals surface area contributed by atoms with E-state index in [1.165, 1.54) is 12.1 Å². The van der Waals surface area contributed by atoms with Crippen molar-refractivity contribution in [1.29, 1.82) is 0 Å². The number of rotatable bonds is 0. The first-order valence-corrected chi connectivity index (χ1v) is 6.07. The fraction of sp³-hybridized carbons (Fsp3) is 0.462. The van der Waals surface area contributed by atoms with Crippen LogP contribution in [0.2, 0.25) is 0 Å². The molecular formula is C13H12F3NO2. The first kappa shape index (κ1) is 12.3. The first-order valence-electron chi connectivity index (χ1n) is 6.07. The minimum Gasteiger partial charge on any atom is -0.490 e. The Labute approximate surface area is 107 Å². The fourth-order valence-electron chi connectivity index (χ4n) is 2.52. The highest BCUT2D eigenvalue weighted by Crippen LogP contribution is 2.47. The Hall–Kier alpha value is -1.72. The molecular weight excluding hydrogens is 259 g/mol. The van der Waals surface area contributed by atoms with Crippen LogP contribution in [0.5, 0.6) is 5.75 Å². The van der Waals surface area contributed by atoms with E-state index in [9.17, 15) is 18.0 Å². The topological polar surface area (TPSA) is 38.3 Å². The highest BCUT2D eigenvalue weighted by molar-refractivity contribution is 5.98. The number of nitrogens with one attached hydrogen (secondary N) is 1. The Morgan fingerprint density at radius 2 is 2.00 bits per heavy atom. The first-order chi connectivity index (χ1) is 8.92. The Kier molecular flexibility index (Phi) is 2.52. The summed E-state index contributed by atoms with van der Waals surface area (Å²) in [5.41, 5.74) is -1.78. The molecule has 1 aliphatic carbocycles. The monoisotopic (exact) mass is 271 g/mol. The van der Waals surface area contributed by atoms with Gasteiger partial charge in [-0.3, -0.25) is 4.79 Å². The second-order valence-electron chi connectivity index (χ2n) is 5.05. The van der Waals surface area contributed by atoms with Crippen molar-refractivity contribution in [3.05, 3.63) is 23.8 Å². The summed E-state index contributed by atoms with van der Waals surface area (Å²) in [5.74, 6) is -0.277. The lowest BCUT2D eigenvalue weighted by molar-refractivity contribution is -0.137. The van der Waals surface area contributed by atoms with Crippen LogP contribution < -0.4 is 10.1 Å². The molecule has 102 valence electrons. The molecule has 0 unspecified atom stereocenters. The number of carbonyl (C=O) groups is 1. The molecule has 3 nitrogen and oxygen atoms in total. The number of carbonyl (C=O) groups excluding carboxylic acids is 1. The molecule has 0 atom stereocenters. The molecule has 3 rings (SSSR count).